The molecule has 0 aliphatic heterocycles. The van der Waals surface area contributed by atoms with E-state index in [9.17, 15) is 0 Å². The average molecular weight is 194 g/mol. The molecule has 0 aromatic heterocycles. The van der Waals surface area contributed by atoms with Crippen molar-refractivity contribution in [1.29, 1.82) is 0 Å². The van der Waals surface area contributed by atoms with Gasteiger partial charge in [0.15, 0.2) is 0 Å². The summed E-state index contributed by atoms with van der Waals surface area (Å²) >= 11 is 0. The average Bonchev–Trinajstić information content (AvgIpc) is 2.18. The molecule has 0 spiro atoms. The third-order valence-corrected chi connectivity index (χ3v) is 2.46. The highest BCUT2D eigenvalue weighted by atomic mass is 14.0. The van der Waals surface area contributed by atoms with E-state index in [2.05, 4.69) is 45.1 Å². The number of hydrogen-bond acceptors (Lipinski definition) is 0. The van der Waals surface area contributed by atoms with Gasteiger partial charge in [0.2, 0.25) is 0 Å². The van der Waals surface area contributed by atoms with E-state index in [1.807, 2.05) is 0 Å². The van der Waals surface area contributed by atoms with Crippen LogP contribution in [0.3, 0.4) is 0 Å². The molecule has 82 valence electrons. The van der Waals surface area contributed by atoms with E-state index in [0.717, 1.165) is 12.3 Å². The van der Waals surface area contributed by atoms with Gasteiger partial charge in [0.25, 0.3) is 0 Å². The Labute approximate surface area is 90.1 Å². The molecule has 0 saturated carbocycles. The molecule has 0 aromatic rings. The molecule has 0 radical (unpaired) electrons. The van der Waals surface area contributed by atoms with E-state index in [-0.39, 0.29) is 0 Å². The van der Waals surface area contributed by atoms with Crippen molar-refractivity contribution in [3.63, 3.8) is 0 Å². The topological polar surface area (TPSA) is 0 Å². The molecule has 0 bridgehead atoms. The summed E-state index contributed by atoms with van der Waals surface area (Å²) in [7, 11) is 0. The van der Waals surface area contributed by atoms with E-state index < -0.39 is 0 Å². The predicted molar refractivity (Wildman–Crippen MR) is 66.5 cm³/mol. The minimum Gasteiger partial charge on any atom is -0.0848 e. The lowest BCUT2D eigenvalue weighted by molar-refractivity contribution is 0.501. The van der Waals surface area contributed by atoms with E-state index in [4.69, 9.17) is 0 Å². The van der Waals surface area contributed by atoms with Crippen LogP contribution in [0.15, 0.2) is 24.3 Å². The molecule has 0 N–H and O–H groups in total. The lowest BCUT2D eigenvalue weighted by atomic mass is 10.00. The molecule has 0 heterocycles. The number of allylic oxidation sites excluding steroid dienone is 4. The van der Waals surface area contributed by atoms with Crippen LogP contribution in [-0.4, -0.2) is 0 Å². The van der Waals surface area contributed by atoms with Gasteiger partial charge in [-0.2, -0.15) is 0 Å². The minimum absolute atomic E-state index is 0.854. The molecule has 0 heteroatoms. The SMILES string of the molecule is CCC=CC=CCC(C)CCCCC. The minimum atomic E-state index is 0.854. The lowest BCUT2D eigenvalue weighted by Crippen LogP contribution is -1.91. The second kappa shape index (κ2) is 10.6. The Balaban J connectivity index is 3.38. The highest BCUT2D eigenvalue weighted by Gasteiger charge is 1.97. The highest BCUT2D eigenvalue weighted by Crippen LogP contribution is 2.13. The van der Waals surface area contributed by atoms with E-state index in [0.29, 0.717) is 0 Å². The third kappa shape index (κ3) is 9.57. The molecule has 0 aliphatic carbocycles. The van der Waals surface area contributed by atoms with Crippen molar-refractivity contribution in [2.45, 2.75) is 59.3 Å². The maximum atomic E-state index is 2.35. The summed E-state index contributed by atoms with van der Waals surface area (Å²) in [5.74, 6) is 0.854. The fourth-order valence-corrected chi connectivity index (χ4v) is 1.46. The van der Waals surface area contributed by atoms with Crippen LogP contribution in [0.5, 0.6) is 0 Å². The Morgan fingerprint density at radius 1 is 1.00 bits per heavy atom. The number of rotatable bonds is 8. The van der Waals surface area contributed by atoms with Crippen molar-refractivity contribution in [2.24, 2.45) is 5.92 Å². The van der Waals surface area contributed by atoms with E-state index in [1.165, 1.54) is 32.1 Å². The fraction of sp³-hybridized carbons (Fsp3) is 0.714. The summed E-state index contributed by atoms with van der Waals surface area (Å²) in [6, 6.07) is 0. The third-order valence-electron chi connectivity index (χ3n) is 2.46. The molecule has 0 aromatic carbocycles. The van der Waals surface area contributed by atoms with Gasteiger partial charge in [0.1, 0.15) is 0 Å². The largest absolute Gasteiger partial charge is 0.0848 e. The zero-order valence-electron chi connectivity index (χ0n) is 10.1. The van der Waals surface area contributed by atoms with Crippen molar-refractivity contribution < 1.29 is 0 Å². The Morgan fingerprint density at radius 3 is 2.36 bits per heavy atom. The van der Waals surface area contributed by atoms with Gasteiger partial charge in [-0.15, -0.1) is 0 Å². The first-order valence-electron chi connectivity index (χ1n) is 6.12. The normalized spacial score (nSPS) is 14.2. The van der Waals surface area contributed by atoms with Gasteiger partial charge >= 0.3 is 0 Å². The van der Waals surface area contributed by atoms with Crippen LogP contribution in [0.25, 0.3) is 0 Å². The van der Waals surface area contributed by atoms with Gasteiger partial charge in [0, 0.05) is 0 Å². The van der Waals surface area contributed by atoms with Crippen LogP contribution in [0, 0.1) is 5.92 Å². The zero-order chi connectivity index (χ0) is 10.6. The van der Waals surface area contributed by atoms with Crippen molar-refractivity contribution in [3.05, 3.63) is 24.3 Å². The molecule has 0 amide bonds. The molecular weight excluding hydrogens is 168 g/mol. The van der Waals surface area contributed by atoms with E-state index in [1.54, 1.807) is 0 Å². The van der Waals surface area contributed by atoms with Gasteiger partial charge in [-0.1, -0.05) is 70.8 Å². The van der Waals surface area contributed by atoms with Crippen LogP contribution in [0.2, 0.25) is 0 Å². The first kappa shape index (κ1) is 13.5. The van der Waals surface area contributed by atoms with Crippen LogP contribution in [-0.2, 0) is 0 Å². The molecule has 0 saturated heterocycles. The maximum Gasteiger partial charge on any atom is -0.0322 e. The first-order chi connectivity index (χ1) is 6.81. The first-order valence-corrected chi connectivity index (χ1v) is 6.12. The molecule has 0 rings (SSSR count). The molecule has 1 atom stereocenters. The Kier molecular flexibility index (Phi) is 10.2. The standard InChI is InChI=1S/C14H26/c1-4-6-8-9-11-13-14(3)12-10-7-5-2/h6,8-9,11,14H,4-5,7,10,12-13H2,1-3H3. The molecule has 0 nitrogen and oxygen atoms in total. The van der Waals surface area contributed by atoms with Crippen molar-refractivity contribution >= 4 is 0 Å². The Hall–Kier alpha value is -0.520. The van der Waals surface area contributed by atoms with Crippen molar-refractivity contribution in [1.82, 2.24) is 0 Å². The van der Waals surface area contributed by atoms with E-state index >= 15 is 0 Å². The summed E-state index contributed by atoms with van der Waals surface area (Å²) in [6.45, 7) is 6.78. The molecule has 0 aliphatic rings. The highest BCUT2D eigenvalue weighted by molar-refractivity contribution is 5.02. The molecule has 0 fully saturated rings. The maximum absolute atomic E-state index is 2.35. The van der Waals surface area contributed by atoms with Gasteiger partial charge in [0.05, 0.1) is 0 Å². The lowest BCUT2D eigenvalue weighted by Gasteiger charge is -2.06. The van der Waals surface area contributed by atoms with Crippen LogP contribution in [0.1, 0.15) is 59.3 Å². The second-order valence-corrected chi connectivity index (χ2v) is 4.10. The smallest absolute Gasteiger partial charge is 0.0322 e. The summed E-state index contributed by atoms with van der Waals surface area (Å²) in [5, 5.41) is 0. The van der Waals surface area contributed by atoms with Gasteiger partial charge in [-0.25, -0.2) is 0 Å². The second-order valence-electron chi connectivity index (χ2n) is 4.10. The summed E-state index contributed by atoms with van der Waals surface area (Å²) < 4.78 is 0. The van der Waals surface area contributed by atoms with Crippen LogP contribution >= 0.6 is 0 Å². The van der Waals surface area contributed by atoms with Gasteiger partial charge in [-0.3, -0.25) is 0 Å². The van der Waals surface area contributed by atoms with Gasteiger partial charge in [-0.05, 0) is 18.8 Å². The number of hydrogen-bond donors (Lipinski definition) is 0. The molecule has 1 unspecified atom stereocenters. The quantitative estimate of drug-likeness (QED) is 0.372. The molecule has 14 heavy (non-hydrogen) atoms. The fourth-order valence-electron chi connectivity index (χ4n) is 1.46. The van der Waals surface area contributed by atoms with Crippen LogP contribution < -0.4 is 0 Å². The number of unbranched alkanes of at least 4 members (excludes halogenated alkanes) is 2. The monoisotopic (exact) mass is 194 g/mol. The zero-order valence-corrected chi connectivity index (χ0v) is 10.1. The summed E-state index contributed by atoms with van der Waals surface area (Å²) in [5.41, 5.74) is 0. The summed E-state index contributed by atoms with van der Waals surface area (Å²) in [4.78, 5) is 0. The van der Waals surface area contributed by atoms with Gasteiger partial charge < -0.3 is 0 Å². The molecular formula is C14H26. The van der Waals surface area contributed by atoms with Crippen LogP contribution in [0.4, 0.5) is 0 Å². The Bertz CT molecular complexity index is 153. The Morgan fingerprint density at radius 2 is 1.71 bits per heavy atom. The van der Waals surface area contributed by atoms with Crippen molar-refractivity contribution in [3.8, 4) is 0 Å². The summed E-state index contributed by atoms with van der Waals surface area (Å²) in [6.07, 6.45) is 16.7. The van der Waals surface area contributed by atoms with Crippen molar-refractivity contribution in [2.75, 3.05) is 0 Å². The predicted octanol–water partition coefficient (Wildman–Crippen LogP) is 5.12.